The quantitative estimate of drug-likeness (QED) is 0.404. The van der Waals surface area contributed by atoms with Gasteiger partial charge >= 0.3 is 35.5 Å². The van der Waals surface area contributed by atoms with Crippen molar-refractivity contribution < 1.29 is 19.5 Å². The molecule has 0 aliphatic carbocycles. The molecule has 3 atom stereocenters. The van der Waals surface area contributed by atoms with Crippen molar-refractivity contribution in [3.8, 4) is 0 Å². The molecular formula is C19H20N3NaO4. The monoisotopic (exact) mass is 377 g/mol. The number of carboxylic acids is 1. The van der Waals surface area contributed by atoms with Crippen LogP contribution < -0.4 is 16.0 Å². The molecule has 0 unspecified atom stereocenters. The second kappa shape index (κ2) is 9.66. The Kier molecular flexibility index (Phi) is 7.55. The summed E-state index contributed by atoms with van der Waals surface area (Å²) in [5.74, 6) is -1.94. The number of amides is 2. The minimum absolute atomic E-state index is 0. The van der Waals surface area contributed by atoms with Crippen LogP contribution in [-0.2, 0) is 20.8 Å². The van der Waals surface area contributed by atoms with Crippen LogP contribution in [0.3, 0.4) is 0 Å². The molecule has 1 aliphatic heterocycles. The Morgan fingerprint density at radius 3 is 2.11 bits per heavy atom. The van der Waals surface area contributed by atoms with Crippen molar-refractivity contribution in [1.82, 2.24) is 10.6 Å². The fourth-order valence-corrected chi connectivity index (χ4v) is 2.65. The van der Waals surface area contributed by atoms with Crippen LogP contribution in [0.4, 0.5) is 5.69 Å². The maximum atomic E-state index is 12.6. The van der Waals surface area contributed by atoms with Gasteiger partial charge in [-0.15, -0.1) is 0 Å². The number of aliphatic carboxylic acids is 1. The van der Waals surface area contributed by atoms with Gasteiger partial charge in [0, 0.05) is 12.1 Å². The predicted molar refractivity (Wildman–Crippen MR) is 103 cm³/mol. The Hall–Kier alpha value is -2.19. The van der Waals surface area contributed by atoms with Crippen molar-refractivity contribution in [3.63, 3.8) is 0 Å². The normalized spacial score (nSPS) is 18.5. The second-order valence-electron chi connectivity index (χ2n) is 6.07. The number of hydrogen-bond donors (Lipinski definition) is 4. The van der Waals surface area contributed by atoms with Gasteiger partial charge in [0.05, 0.1) is 0 Å². The molecule has 1 fully saturated rings. The molecule has 0 radical (unpaired) electrons. The molecule has 2 aromatic rings. The number of carboxylic acid groups (broad SMARTS) is 1. The molecule has 4 N–H and O–H groups in total. The fourth-order valence-electron chi connectivity index (χ4n) is 2.65. The molecule has 7 nitrogen and oxygen atoms in total. The molecule has 0 spiro atoms. The van der Waals surface area contributed by atoms with Crippen LogP contribution in [0.25, 0.3) is 0 Å². The van der Waals surface area contributed by atoms with Crippen LogP contribution >= 0.6 is 0 Å². The molecule has 0 aromatic heterocycles. The fraction of sp³-hybridized carbons (Fsp3) is 0.211. The van der Waals surface area contributed by atoms with Crippen LogP contribution in [0.15, 0.2) is 60.7 Å². The summed E-state index contributed by atoms with van der Waals surface area (Å²) in [6.45, 7) is 0. The zero-order valence-electron chi connectivity index (χ0n) is 13.9. The van der Waals surface area contributed by atoms with Crippen molar-refractivity contribution in [2.24, 2.45) is 0 Å². The standard InChI is InChI=1S/C19H19N3O4.Na.H/c23-17(20-13-9-5-2-6-10-13)14(11-12-7-3-1-4-8-12)21-18(24)15-16(22-15)19(25)26;;/h1-10,14-16,22H,11H2,(H,20,23)(H,21,24)(H,25,26);;/t14-,15-,16-;;/m0../s1. The summed E-state index contributed by atoms with van der Waals surface area (Å²) in [6.07, 6.45) is 0.301. The summed E-state index contributed by atoms with van der Waals surface area (Å²) >= 11 is 0. The van der Waals surface area contributed by atoms with Gasteiger partial charge in [0.1, 0.15) is 18.1 Å². The van der Waals surface area contributed by atoms with Gasteiger partial charge in [-0.1, -0.05) is 48.5 Å². The molecule has 3 rings (SSSR count). The Morgan fingerprint density at radius 1 is 0.963 bits per heavy atom. The first-order valence-corrected chi connectivity index (χ1v) is 8.23. The third-order valence-corrected chi connectivity index (χ3v) is 4.09. The molecule has 0 saturated carbocycles. The van der Waals surface area contributed by atoms with Crippen LogP contribution in [-0.4, -0.2) is 70.6 Å². The molecule has 8 heteroatoms. The van der Waals surface area contributed by atoms with E-state index in [1.54, 1.807) is 24.3 Å². The van der Waals surface area contributed by atoms with Crippen LogP contribution in [0.1, 0.15) is 5.56 Å². The van der Waals surface area contributed by atoms with Gasteiger partial charge in [-0.2, -0.15) is 0 Å². The summed E-state index contributed by atoms with van der Waals surface area (Å²) in [5.41, 5.74) is 1.51. The third kappa shape index (κ3) is 5.90. The number of nitrogens with one attached hydrogen (secondary N) is 3. The Balaban J connectivity index is 0.00000261. The molecule has 1 saturated heterocycles. The number of rotatable bonds is 7. The van der Waals surface area contributed by atoms with E-state index in [0.717, 1.165) is 5.56 Å². The third-order valence-electron chi connectivity index (χ3n) is 4.09. The van der Waals surface area contributed by atoms with Crippen LogP contribution in [0.2, 0.25) is 0 Å². The number of carbonyl (C=O) groups excluding carboxylic acids is 2. The second-order valence-corrected chi connectivity index (χ2v) is 6.07. The van der Waals surface area contributed by atoms with E-state index in [4.69, 9.17) is 5.11 Å². The van der Waals surface area contributed by atoms with Crippen molar-refractivity contribution in [3.05, 3.63) is 66.2 Å². The molecule has 0 bridgehead atoms. The summed E-state index contributed by atoms with van der Waals surface area (Å²) in [5, 5.41) is 16.9. The van der Waals surface area contributed by atoms with Crippen molar-refractivity contribution in [2.45, 2.75) is 24.5 Å². The maximum absolute atomic E-state index is 12.6. The Bertz CT molecular complexity index is 801. The van der Waals surface area contributed by atoms with Crippen LogP contribution in [0.5, 0.6) is 0 Å². The molecule has 1 heterocycles. The van der Waals surface area contributed by atoms with E-state index in [9.17, 15) is 14.4 Å². The first-order valence-electron chi connectivity index (χ1n) is 8.23. The average Bonchev–Trinajstić information content (AvgIpc) is 3.44. The van der Waals surface area contributed by atoms with E-state index in [1.165, 1.54) is 0 Å². The van der Waals surface area contributed by atoms with Gasteiger partial charge in [0.25, 0.3) is 0 Å². The molecular weight excluding hydrogens is 357 g/mol. The van der Waals surface area contributed by atoms with Gasteiger partial charge in [-0.3, -0.25) is 19.7 Å². The number of benzene rings is 2. The number of para-hydroxylation sites is 1. The first kappa shape index (κ1) is 21.1. The first-order chi connectivity index (χ1) is 12.5. The summed E-state index contributed by atoms with van der Waals surface area (Å²) in [7, 11) is 0. The minimum atomic E-state index is -1.08. The molecule has 27 heavy (non-hydrogen) atoms. The van der Waals surface area contributed by atoms with Gasteiger partial charge in [0.15, 0.2) is 0 Å². The summed E-state index contributed by atoms with van der Waals surface area (Å²) in [4.78, 5) is 35.8. The van der Waals surface area contributed by atoms with E-state index in [0.29, 0.717) is 12.1 Å². The molecule has 2 aromatic carbocycles. The van der Waals surface area contributed by atoms with Gasteiger partial charge in [-0.25, -0.2) is 0 Å². The van der Waals surface area contributed by atoms with Gasteiger partial charge < -0.3 is 15.7 Å². The number of anilines is 1. The zero-order chi connectivity index (χ0) is 18.5. The van der Waals surface area contributed by atoms with E-state index >= 15 is 0 Å². The zero-order valence-corrected chi connectivity index (χ0v) is 13.9. The summed E-state index contributed by atoms with van der Waals surface area (Å²) < 4.78 is 0. The Morgan fingerprint density at radius 2 is 1.56 bits per heavy atom. The van der Waals surface area contributed by atoms with E-state index in [-0.39, 0.29) is 35.5 Å². The van der Waals surface area contributed by atoms with Crippen molar-refractivity contribution in [2.75, 3.05) is 5.32 Å². The van der Waals surface area contributed by atoms with Gasteiger partial charge in [0.2, 0.25) is 11.8 Å². The van der Waals surface area contributed by atoms with E-state index < -0.39 is 30.0 Å². The molecule has 136 valence electrons. The van der Waals surface area contributed by atoms with E-state index in [1.807, 2.05) is 36.4 Å². The van der Waals surface area contributed by atoms with Crippen molar-refractivity contribution in [1.29, 1.82) is 0 Å². The predicted octanol–water partition coefficient (Wildman–Crippen LogP) is 0.129. The van der Waals surface area contributed by atoms with Gasteiger partial charge in [-0.05, 0) is 17.7 Å². The number of carbonyl (C=O) groups is 3. The van der Waals surface area contributed by atoms with E-state index in [2.05, 4.69) is 16.0 Å². The SMILES string of the molecule is O=C(Nc1ccccc1)[C@H](Cc1ccccc1)NC(=O)[C@H]1N[C@@H]1C(=O)O.[NaH]. The average molecular weight is 377 g/mol. The molecule has 2 amide bonds. The van der Waals surface area contributed by atoms with Crippen molar-refractivity contribution >= 4 is 53.0 Å². The topological polar surface area (TPSA) is 117 Å². The Labute approximate surface area is 178 Å². The number of hydrogen-bond acceptors (Lipinski definition) is 4. The molecule has 1 aliphatic rings. The van der Waals surface area contributed by atoms with Crippen LogP contribution in [0, 0.1) is 0 Å². The summed E-state index contributed by atoms with van der Waals surface area (Å²) in [6, 6.07) is 15.7.